The van der Waals surface area contributed by atoms with Crippen molar-refractivity contribution in [3.05, 3.63) is 295 Å². The van der Waals surface area contributed by atoms with E-state index in [0.29, 0.717) is 0 Å². The van der Waals surface area contributed by atoms with Crippen LogP contribution < -0.4 is 0 Å². The molecule has 1 spiro atoms. The summed E-state index contributed by atoms with van der Waals surface area (Å²) in [7, 11) is 0. The molecule has 2 atom stereocenters. The molecule has 1 heteroatoms. The third-order valence-electron chi connectivity index (χ3n) is 15.7. The molecular weight excluding hydrogens is 855 g/mol. The molecule has 2 bridgehead atoms. The van der Waals surface area contributed by atoms with Gasteiger partial charge in [-0.25, -0.2) is 0 Å². The largest absolute Gasteiger partial charge is 0.309 e. The molecular formula is C70H49N. The Morgan fingerprint density at radius 3 is 1.69 bits per heavy atom. The summed E-state index contributed by atoms with van der Waals surface area (Å²) < 4.78 is 2.43. The van der Waals surface area contributed by atoms with Crippen molar-refractivity contribution in [1.82, 2.24) is 4.57 Å². The molecule has 1 heterocycles. The number of fused-ring (bicyclic) bond motifs is 12. The molecule has 2 unspecified atom stereocenters. The van der Waals surface area contributed by atoms with Crippen molar-refractivity contribution in [2.24, 2.45) is 0 Å². The summed E-state index contributed by atoms with van der Waals surface area (Å²) in [5, 5.41) is 7.56. The lowest BCUT2D eigenvalue weighted by molar-refractivity contribution is 0.596. The summed E-state index contributed by atoms with van der Waals surface area (Å²) in [5.74, 6) is 0.274. The highest BCUT2D eigenvalue weighted by molar-refractivity contribution is 6.21. The molecule has 0 aliphatic heterocycles. The van der Waals surface area contributed by atoms with Crippen molar-refractivity contribution < 1.29 is 0 Å². The molecule has 0 saturated heterocycles. The Bertz CT molecular complexity index is 4020. The van der Waals surface area contributed by atoms with Crippen molar-refractivity contribution in [1.29, 1.82) is 0 Å². The molecule has 14 rings (SSSR count). The predicted molar refractivity (Wildman–Crippen MR) is 300 cm³/mol. The lowest BCUT2D eigenvalue weighted by atomic mass is 9.60. The van der Waals surface area contributed by atoms with Crippen LogP contribution in [0.15, 0.2) is 273 Å². The van der Waals surface area contributed by atoms with Gasteiger partial charge in [-0.15, -0.1) is 0 Å². The second kappa shape index (κ2) is 16.7. The first-order valence-corrected chi connectivity index (χ1v) is 25.1. The Morgan fingerprint density at radius 2 is 0.958 bits per heavy atom. The molecule has 0 fully saturated rings. The van der Waals surface area contributed by atoms with Gasteiger partial charge in [-0.2, -0.15) is 0 Å². The Labute approximate surface area is 415 Å². The van der Waals surface area contributed by atoms with Gasteiger partial charge in [0.25, 0.3) is 0 Å². The summed E-state index contributed by atoms with van der Waals surface area (Å²) in [6.07, 6.45) is 22.6. The van der Waals surface area contributed by atoms with Crippen LogP contribution in [-0.4, -0.2) is 4.57 Å². The number of nitrogens with zero attached hydrogens (tertiary/aromatic N) is 1. The minimum atomic E-state index is -0.293. The zero-order chi connectivity index (χ0) is 46.9. The van der Waals surface area contributed by atoms with E-state index < -0.39 is 0 Å². The normalized spacial score (nSPS) is 17.9. The quantitative estimate of drug-likeness (QED) is 0.152. The summed E-state index contributed by atoms with van der Waals surface area (Å²) in [4.78, 5) is 0. The topological polar surface area (TPSA) is 4.93 Å². The summed E-state index contributed by atoms with van der Waals surface area (Å²) in [6, 6.07) is 79.3. The number of rotatable bonds is 5. The highest BCUT2D eigenvalue weighted by Crippen LogP contribution is 2.53. The number of benzene rings is 10. The number of aromatic nitrogens is 1. The van der Waals surface area contributed by atoms with E-state index in [0.717, 1.165) is 18.5 Å². The first-order valence-electron chi connectivity index (χ1n) is 25.1. The minimum Gasteiger partial charge on any atom is -0.309 e. The minimum absolute atomic E-state index is 0.274. The average Bonchev–Trinajstić information content (AvgIpc) is 3.65. The Hall–Kier alpha value is -8.78. The van der Waals surface area contributed by atoms with Gasteiger partial charge >= 0.3 is 0 Å². The van der Waals surface area contributed by atoms with Crippen LogP contribution in [0.5, 0.6) is 0 Å². The van der Waals surface area contributed by atoms with Crippen LogP contribution in [-0.2, 0) is 11.8 Å². The molecule has 0 N–H and O–H groups in total. The van der Waals surface area contributed by atoms with Gasteiger partial charge in [0.1, 0.15) is 0 Å². The molecule has 1 nitrogen and oxygen atoms in total. The summed E-state index contributed by atoms with van der Waals surface area (Å²) >= 11 is 0. The number of hydrogen-bond acceptors (Lipinski definition) is 0. The first-order chi connectivity index (χ1) is 35.2. The highest BCUT2D eigenvalue weighted by atomic mass is 15.0. The molecule has 334 valence electrons. The van der Waals surface area contributed by atoms with Gasteiger partial charge < -0.3 is 4.57 Å². The zero-order valence-electron chi connectivity index (χ0n) is 39.3. The third-order valence-corrected chi connectivity index (χ3v) is 15.7. The van der Waals surface area contributed by atoms with E-state index in [2.05, 4.69) is 272 Å². The van der Waals surface area contributed by atoms with Crippen LogP contribution in [0.1, 0.15) is 34.6 Å². The highest BCUT2D eigenvalue weighted by Gasteiger charge is 2.43. The van der Waals surface area contributed by atoms with Crippen LogP contribution >= 0.6 is 0 Å². The van der Waals surface area contributed by atoms with Crippen molar-refractivity contribution in [3.63, 3.8) is 0 Å². The van der Waals surface area contributed by atoms with Gasteiger partial charge in [0.2, 0.25) is 0 Å². The number of para-hydroxylation sites is 1. The average molecular weight is 904 g/mol. The molecule has 3 aliphatic carbocycles. The van der Waals surface area contributed by atoms with Gasteiger partial charge in [-0.3, -0.25) is 0 Å². The fourth-order valence-corrected chi connectivity index (χ4v) is 12.4. The Morgan fingerprint density at radius 1 is 0.394 bits per heavy atom. The van der Waals surface area contributed by atoms with E-state index in [1.165, 1.54) is 116 Å². The summed E-state index contributed by atoms with van der Waals surface area (Å²) in [6.45, 7) is 0. The fraction of sp³-hybridized carbons (Fsp3) is 0.0571. The lowest BCUT2D eigenvalue weighted by Gasteiger charge is -2.42. The van der Waals surface area contributed by atoms with Crippen LogP contribution in [0.2, 0.25) is 0 Å². The van der Waals surface area contributed by atoms with Crippen LogP contribution in [0.4, 0.5) is 0 Å². The van der Waals surface area contributed by atoms with Crippen molar-refractivity contribution in [2.45, 2.75) is 24.2 Å². The van der Waals surface area contributed by atoms with E-state index in [1.54, 1.807) is 0 Å². The Kier molecular flexibility index (Phi) is 9.71. The molecule has 3 aliphatic rings. The molecule has 0 radical (unpaired) electrons. The second-order valence-corrected chi connectivity index (χ2v) is 19.4. The first kappa shape index (κ1) is 41.2. The maximum absolute atomic E-state index is 2.51. The van der Waals surface area contributed by atoms with Gasteiger partial charge in [-0.05, 0) is 143 Å². The maximum Gasteiger partial charge on any atom is 0.0541 e. The molecule has 0 saturated carbocycles. The fourth-order valence-electron chi connectivity index (χ4n) is 12.4. The lowest BCUT2D eigenvalue weighted by Crippen LogP contribution is -2.34. The summed E-state index contributed by atoms with van der Waals surface area (Å²) in [5.41, 5.74) is 20.1. The van der Waals surface area contributed by atoms with E-state index in [1.807, 2.05) is 0 Å². The van der Waals surface area contributed by atoms with Crippen molar-refractivity contribution in [3.8, 4) is 50.2 Å². The third kappa shape index (κ3) is 6.61. The zero-order valence-corrected chi connectivity index (χ0v) is 39.3. The second-order valence-electron chi connectivity index (χ2n) is 19.4. The van der Waals surface area contributed by atoms with E-state index in [-0.39, 0.29) is 11.3 Å². The van der Waals surface area contributed by atoms with E-state index in [9.17, 15) is 0 Å². The smallest absolute Gasteiger partial charge is 0.0541 e. The van der Waals surface area contributed by atoms with Gasteiger partial charge in [-0.1, -0.05) is 231 Å². The van der Waals surface area contributed by atoms with Crippen LogP contribution in [0, 0.1) is 0 Å². The van der Waals surface area contributed by atoms with Crippen molar-refractivity contribution >= 4 is 43.4 Å². The maximum atomic E-state index is 2.51. The van der Waals surface area contributed by atoms with Gasteiger partial charge in [0, 0.05) is 27.8 Å². The van der Waals surface area contributed by atoms with Crippen LogP contribution in [0.3, 0.4) is 0 Å². The van der Waals surface area contributed by atoms with Crippen LogP contribution in [0.25, 0.3) is 93.5 Å². The van der Waals surface area contributed by atoms with E-state index >= 15 is 0 Å². The monoisotopic (exact) mass is 903 g/mol. The van der Waals surface area contributed by atoms with Gasteiger partial charge in [0.05, 0.1) is 11.0 Å². The van der Waals surface area contributed by atoms with E-state index in [4.69, 9.17) is 0 Å². The standard InChI is InChI=1S/C70H49N/c1-2-17-43-70(55-22-8-7-21-54(44-55)57-23-13-15-29-64(57)70)65-46-53(36-35-49(65)18-4-1)48-33-31-47(32-34-48)52-39-42-67-63(45-52)58-24-14-16-30-66(58)71(67)56-40-37-51(38-41-56)69-61-27-11-9-25-59(61)68(50-19-5-3-6-20-50)60-26-10-12-28-62(60)69/h1-17,19-42,44-46,54H,18,43H2/b4-1-,17-2-. The SMILES string of the molecule is C1=CC2=CC(C=C1)c1ccccc1C21C/C=C\C=C/Cc2ccc(-c3ccc(-c4ccc5c(c4)c4ccccc4n5-c4ccc(-c5c6ccccc6c(-c6ccccc6)c6ccccc56)cc4)cc3)cc21. The molecule has 10 aromatic carbocycles. The Balaban J connectivity index is 0.830. The molecule has 1 aromatic heterocycles. The number of allylic oxidation sites excluding steroid dienone is 10. The van der Waals surface area contributed by atoms with Crippen molar-refractivity contribution in [2.75, 3.05) is 0 Å². The molecule has 71 heavy (non-hydrogen) atoms. The molecule has 11 aromatic rings. The predicted octanol–water partition coefficient (Wildman–Crippen LogP) is 18.3. The molecule has 0 amide bonds. The number of hydrogen-bond donors (Lipinski definition) is 0. The van der Waals surface area contributed by atoms with Gasteiger partial charge in [0.15, 0.2) is 0 Å².